The van der Waals surface area contributed by atoms with Crippen LogP contribution in [0.15, 0.2) is 59.0 Å². The number of Topliss-reactive ketones (excluding diaryl/α,β-unsaturated/α-hetero) is 1. The fraction of sp³-hybridized carbons (Fsp3) is 0.370. The van der Waals surface area contributed by atoms with E-state index in [0.29, 0.717) is 30.8 Å². The maximum Gasteiger partial charge on any atom is 0.296 e. The molecule has 2 aromatic rings. The molecule has 1 saturated heterocycles. The Morgan fingerprint density at radius 1 is 0.974 bits per heavy atom. The van der Waals surface area contributed by atoms with E-state index in [1.807, 2.05) is 19.0 Å². The van der Waals surface area contributed by atoms with Gasteiger partial charge in [-0.1, -0.05) is 18.2 Å². The molecule has 1 fully saturated rings. The van der Waals surface area contributed by atoms with E-state index < -0.39 is 38.9 Å². The molecule has 0 radical (unpaired) electrons. The van der Waals surface area contributed by atoms with E-state index in [0.717, 1.165) is 4.31 Å². The number of rotatable bonds is 8. The molecule has 1 N–H and O–H groups in total. The monoisotopic (exact) mass is 540 g/mol. The van der Waals surface area contributed by atoms with Gasteiger partial charge in [0, 0.05) is 38.3 Å². The summed E-state index contributed by atoms with van der Waals surface area (Å²) in [5.41, 5.74) is -1.01. The van der Waals surface area contributed by atoms with Crippen molar-refractivity contribution in [3.05, 3.63) is 65.2 Å². The van der Waals surface area contributed by atoms with Crippen molar-refractivity contribution in [3.63, 3.8) is 0 Å². The van der Waals surface area contributed by atoms with Crippen LogP contribution in [0.2, 0.25) is 0 Å². The number of anilines is 1. The largest absolute Gasteiger partial charge is 0.507 e. The van der Waals surface area contributed by atoms with Crippen LogP contribution in [0.1, 0.15) is 24.5 Å². The van der Waals surface area contributed by atoms with Crippen molar-refractivity contribution in [3.8, 4) is 0 Å². The van der Waals surface area contributed by atoms with Crippen molar-refractivity contribution in [2.75, 3.05) is 52.7 Å². The molecule has 2 amide bonds. The van der Waals surface area contributed by atoms with Crippen molar-refractivity contribution < 1.29 is 27.9 Å². The van der Waals surface area contributed by atoms with Gasteiger partial charge in [0.15, 0.2) is 5.54 Å². The summed E-state index contributed by atoms with van der Waals surface area (Å²) in [5, 5.41) is 11.5. The minimum absolute atomic E-state index is 0.00246. The summed E-state index contributed by atoms with van der Waals surface area (Å²) in [5.74, 6) is -2.84. The first kappa shape index (κ1) is 27.5. The number of likely N-dealkylation sites (tertiary alicyclic amines) is 1. The van der Waals surface area contributed by atoms with Crippen molar-refractivity contribution in [2.24, 2.45) is 0 Å². The minimum Gasteiger partial charge on any atom is -0.507 e. The van der Waals surface area contributed by atoms with Crippen LogP contribution >= 0.6 is 0 Å². The predicted octanol–water partition coefficient (Wildman–Crippen LogP) is 1.83. The molecule has 2 heterocycles. The van der Waals surface area contributed by atoms with Crippen LogP contribution in [0.4, 0.5) is 5.69 Å². The van der Waals surface area contributed by atoms with E-state index >= 15 is 0 Å². The molecule has 4 rings (SSSR count). The van der Waals surface area contributed by atoms with Crippen molar-refractivity contribution in [1.29, 1.82) is 0 Å². The normalized spacial score (nSPS) is 20.9. The van der Waals surface area contributed by atoms with Crippen LogP contribution in [-0.2, 0) is 29.9 Å². The average Bonchev–Trinajstić information content (AvgIpc) is 3.26. The number of nitrogens with zero attached hydrogens (tertiary/aromatic N) is 4. The second-order valence-corrected chi connectivity index (χ2v) is 11.9. The lowest BCUT2D eigenvalue weighted by molar-refractivity contribution is -0.143. The van der Waals surface area contributed by atoms with E-state index in [1.54, 1.807) is 31.2 Å². The molecule has 2 aromatic carbocycles. The quantitative estimate of drug-likeness (QED) is 0.308. The van der Waals surface area contributed by atoms with E-state index in [9.17, 15) is 27.9 Å². The van der Waals surface area contributed by atoms with Gasteiger partial charge in [0.25, 0.3) is 17.6 Å². The Kier molecular flexibility index (Phi) is 7.21. The van der Waals surface area contributed by atoms with Gasteiger partial charge in [0.2, 0.25) is 10.0 Å². The molecule has 11 heteroatoms. The molecule has 0 saturated carbocycles. The highest BCUT2D eigenvalue weighted by molar-refractivity contribution is 7.89. The van der Waals surface area contributed by atoms with Gasteiger partial charge in [0.05, 0.1) is 16.2 Å². The van der Waals surface area contributed by atoms with Crippen molar-refractivity contribution in [2.45, 2.75) is 23.8 Å². The number of hydrogen-bond acceptors (Lipinski definition) is 7. The SMILES string of the molecule is CCN1C(=O)C2(C(=C(O)c3ccc(S(=O)(=O)N(C)C)cc3)C(=O)C(=O)N2CCCN(C)C)c2ccccc21. The molecule has 38 heavy (non-hydrogen) atoms. The fourth-order valence-corrected chi connectivity index (χ4v) is 6.07. The molecule has 0 aromatic heterocycles. The topological polar surface area (TPSA) is 119 Å². The number of amides is 2. The highest BCUT2D eigenvalue weighted by Gasteiger charge is 2.66. The Balaban J connectivity index is 1.95. The third-order valence-corrected chi connectivity index (χ3v) is 8.85. The summed E-state index contributed by atoms with van der Waals surface area (Å²) in [6.45, 7) is 2.85. The molecule has 202 valence electrons. The standard InChI is InChI=1S/C27H32N4O6S/c1-6-30-21-11-8-7-10-20(21)27(26(30)35)22(24(33)25(34)31(27)17-9-16-28(2)3)23(32)18-12-14-19(15-13-18)38(36,37)29(4)5/h7-8,10-15,32H,6,9,16-17H2,1-5H3. The summed E-state index contributed by atoms with van der Waals surface area (Å²) >= 11 is 0. The molecule has 0 aliphatic carbocycles. The van der Waals surface area contributed by atoms with Crippen LogP contribution in [0.5, 0.6) is 0 Å². The summed E-state index contributed by atoms with van der Waals surface area (Å²) in [7, 11) is 2.86. The van der Waals surface area contributed by atoms with Crippen LogP contribution in [-0.4, -0.2) is 93.1 Å². The van der Waals surface area contributed by atoms with Crippen LogP contribution in [0.25, 0.3) is 5.76 Å². The van der Waals surface area contributed by atoms with Crippen LogP contribution in [0, 0.1) is 0 Å². The number of fused-ring (bicyclic) bond motifs is 2. The first-order valence-corrected chi connectivity index (χ1v) is 13.7. The number of aliphatic hydroxyl groups is 1. The summed E-state index contributed by atoms with van der Waals surface area (Å²) in [6.07, 6.45) is 0.500. The van der Waals surface area contributed by atoms with E-state index in [2.05, 4.69) is 0 Å². The lowest BCUT2D eigenvalue weighted by Gasteiger charge is -2.34. The number of hydrogen-bond donors (Lipinski definition) is 1. The van der Waals surface area contributed by atoms with Gasteiger partial charge in [0.1, 0.15) is 5.76 Å². The molecular formula is C27H32N4O6S. The number of carbonyl (C=O) groups is 3. The minimum atomic E-state index is -3.72. The lowest BCUT2D eigenvalue weighted by Crippen LogP contribution is -2.52. The van der Waals surface area contributed by atoms with E-state index in [4.69, 9.17) is 0 Å². The molecule has 1 spiro atoms. The Bertz CT molecular complexity index is 1430. The fourth-order valence-electron chi connectivity index (χ4n) is 5.17. The average molecular weight is 541 g/mol. The van der Waals surface area contributed by atoms with E-state index in [-0.39, 0.29) is 22.6 Å². The molecule has 0 bridgehead atoms. The Morgan fingerprint density at radius 3 is 2.18 bits per heavy atom. The Hall–Kier alpha value is -3.54. The molecule has 10 nitrogen and oxygen atoms in total. The summed E-state index contributed by atoms with van der Waals surface area (Å²) in [6, 6.07) is 12.3. The number of likely N-dealkylation sites (N-methyl/N-ethyl adjacent to an activating group) is 1. The van der Waals surface area contributed by atoms with Gasteiger partial charge in [-0.2, -0.15) is 0 Å². The molecule has 2 aliphatic rings. The van der Waals surface area contributed by atoms with Gasteiger partial charge in [-0.25, -0.2) is 12.7 Å². The first-order chi connectivity index (χ1) is 17.9. The lowest BCUT2D eigenvalue weighted by atomic mass is 9.82. The predicted molar refractivity (Wildman–Crippen MR) is 143 cm³/mol. The number of sulfonamides is 1. The van der Waals surface area contributed by atoms with Gasteiger partial charge < -0.3 is 19.8 Å². The number of ketones is 1. The second-order valence-electron chi connectivity index (χ2n) is 9.76. The van der Waals surface area contributed by atoms with Gasteiger partial charge in [-0.3, -0.25) is 14.4 Å². The molecule has 1 unspecified atom stereocenters. The maximum absolute atomic E-state index is 14.2. The zero-order valence-electron chi connectivity index (χ0n) is 22.1. The highest BCUT2D eigenvalue weighted by Crippen LogP contribution is 2.53. The van der Waals surface area contributed by atoms with Gasteiger partial charge in [-0.05, 0) is 64.3 Å². The van der Waals surface area contributed by atoms with Crippen molar-refractivity contribution in [1.82, 2.24) is 14.1 Å². The Labute approximate surface area is 222 Å². The first-order valence-electron chi connectivity index (χ1n) is 12.3. The van der Waals surface area contributed by atoms with Crippen LogP contribution < -0.4 is 4.90 Å². The summed E-state index contributed by atoms with van der Waals surface area (Å²) < 4.78 is 26.1. The highest BCUT2D eigenvalue weighted by atomic mass is 32.2. The number of aliphatic hydroxyl groups excluding tert-OH is 1. The number of carbonyl (C=O) groups excluding carboxylic acids is 3. The number of benzene rings is 2. The molecule has 1 atom stereocenters. The zero-order chi connectivity index (χ0) is 28.0. The summed E-state index contributed by atoms with van der Waals surface area (Å²) in [4.78, 5) is 45.9. The Morgan fingerprint density at radius 2 is 1.61 bits per heavy atom. The smallest absolute Gasteiger partial charge is 0.296 e. The second kappa shape index (κ2) is 9.97. The number of para-hydroxylation sites is 1. The molecule has 2 aliphatic heterocycles. The third kappa shape index (κ3) is 4.01. The van der Waals surface area contributed by atoms with Crippen molar-refractivity contribution >= 4 is 39.1 Å². The van der Waals surface area contributed by atoms with Gasteiger partial charge >= 0.3 is 0 Å². The maximum atomic E-state index is 14.2. The van der Waals surface area contributed by atoms with Crippen LogP contribution in [0.3, 0.4) is 0 Å². The molecular weight excluding hydrogens is 508 g/mol. The van der Waals surface area contributed by atoms with Gasteiger partial charge in [-0.15, -0.1) is 0 Å². The van der Waals surface area contributed by atoms with E-state index in [1.165, 1.54) is 48.2 Å². The third-order valence-electron chi connectivity index (χ3n) is 7.02. The zero-order valence-corrected chi connectivity index (χ0v) is 22.9.